The van der Waals surface area contributed by atoms with E-state index in [2.05, 4.69) is 10.2 Å². The van der Waals surface area contributed by atoms with Gasteiger partial charge < -0.3 is 9.13 Å². The number of benzene rings is 2. The first kappa shape index (κ1) is 22.9. The lowest BCUT2D eigenvalue weighted by Crippen LogP contribution is -2.16. The summed E-state index contributed by atoms with van der Waals surface area (Å²) in [5.41, 5.74) is 1.66. The quantitative estimate of drug-likeness (QED) is 0.325. The molecule has 0 radical (unpaired) electrons. The Hall–Kier alpha value is -2.32. The van der Waals surface area contributed by atoms with Crippen molar-refractivity contribution in [3.63, 3.8) is 0 Å². The van der Waals surface area contributed by atoms with Crippen molar-refractivity contribution >= 4 is 63.1 Å². The highest BCUT2D eigenvalue weighted by Gasteiger charge is 2.14. The van der Waals surface area contributed by atoms with Crippen LogP contribution in [0.25, 0.3) is 20.4 Å². The molecule has 4 aromatic rings. The normalized spacial score (nSPS) is 14.1. The van der Waals surface area contributed by atoms with Crippen LogP contribution in [0.2, 0.25) is 0 Å². The fraction of sp³-hybridized carbons (Fsp3) is 0.263. The maximum Gasteiger partial charge on any atom is 0.294 e. The SMILES string of the molecule is CCn1/c(=N/N=c2\sc3cc(S(=O)(=O)O)ccc3n2CC)sc2cc(S(C)(=O)=O)ccc21. The molecule has 0 amide bonds. The molecule has 2 aromatic carbocycles. The van der Waals surface area contributed by atoms with E-state index >= 15 is 0 Å². The monoisotopic (exact) mass is 512 g/mol. The summed E-state index contributed by atoms with van der Waals surface area (Å²) >= 11 is 2.61. The standard InChI is InChI=1S/C19H20N4O5S4/c1-4-22-14-8-6-12(31(3,24)25)10-16(14)29-18(22)20-21-19-23(5-2)15-9-7-13(32(26,27)28)11-17(15)30-19/h6-11H,4-5H2,1-3H3,(H,26,27,28)/b20-18-,21-19-. The number of thiazole rings is 2. The first-order valence-electron chi connectivity index (χ1n) is 9.55. The van der Waals surface area contributed by atoms with Crippen molar-refractivity contribution in [2.75, 3.05) is 6.26 Å². The molecule has 170 valence electrons. The molecule has 4 rings (SSSR count). The van der Waals surface area contributed by atoms with Crippen molar-refractivity contribution in [3.05, 3.63) is 46.0 Å². The van der Waals surface area contributed by atoms with E-state index in [9.17, 15) is 21.4 Å². The van der Waals surface area contributed by atoms with Crippen LogP contribution in [0.5, 0.6) is 0 Å². The van der Waals surface area contributed by atoms with Crippen molar-refractivity contribution in [1.29, 1.82) is 0 Å². The van der Waals surface area contributed by atoms with Gasteiger partial charge in [0.2, 0.25) is 9.60 Å². The summed E-state index contributed by atoms with van der Waals surface area (Å²) < 4.78 is 61.3. The second-order valence-corrected chi connectivity index (χ2v) is 12.4. The molecule has 0 spiro atoms. The molecule has 0 unspecified atom stereocenters. The van der Waals surface area contributed by atoms with Gasteiger partial charge >= 0.3 is 0 Å². The third kappa shape index (κ3) is 4.18. The summed E-state index contributed by atoms with van der Waals surface area (Å²) in [5, 5.41) is 8.85. The first-order valence-corrected chi connectivity index (χ1v) is 14.5. The van der Waals surface area contributed by atoms with Gasteiger partial charge in [0.05, 0.1) is 30.2 Å². The zero-order chi connectivity index (χ0) is 23.3. The number of rotatable bonds is 5. The highest BCUT2D eigenvalue weighted by Crippen LogP contribution is 2.23. The largest absolute Gasteiger partial charge is 0.315 e. The molecule has 32 heavy (non-hydrogen) atoms. The van der Waals surface area contributed by atoms with Crippen LogP contribution in [0.1, 0.15) is 13.8 Å². The molecule has 0 bridgehead atoms. The maximum atomic E-state index is 11.9. The van der Waals surface area contributed by atoms with Gasteiger partial charge in [-0.15, -0.1) is 10.2 Å². The van der Waals surface area contributed by atoms with Gasteiger partial charge in [-0.25, -0.2) is 8.42 Å². The van der Waals surface area contributed by atoms with Gasteiger partial charge in [0.25, 0.3) is 10.1 Å². The lowest BCUT2D eigenvalue weighted by atomic mass is 10.3. The zero-order valence-electron chi connectivity index (χ0n) is 17.4. The molecule has 13 heteroatoms. The maximum absolute atomic E-state index is 11.9. The topological polar surface area (TPSA) is 123 Å². The second-order valence-electron chi connectivity index (χ2n) is 6.96. The van der Waals surface area contributed by atoms with Gasteiger partial charge in [0.1, 0.15) is 0 Å². The Labute approximate surface area is 192 Å². The van der Waals surface area contributed by atoms with Crippen LogP contribution < -0.4 is 9.60 Å². The van der Waals surface area contributed by atoms with E-state index in [4.69, 9.17) is 0 Å². The van der Waals surface area contributed by atoms with Crippen LogP contribution in [0, 0.1) is 0 Å². The van der Waals surface area contributed by atoms with Gasteiger partial charge in [-0.05, 0) is 50.2 Å². The molecule has 0 fully saturated rings. The van der Waals surface area contributed by atoms with E-state index in [1.807, 2.05) is 23.0 Å². The molecule has 0 saturated heterocycles. The van der Waals surface area contributed by atoms with E-state index in [1.54, 1.807) is 24.3 Å². The summed E-state index contributed by atoms with van der Waals surface area (Å²) in [6, 6.07) is 9.40. The van der Waals surface area contributed by atoms with Crippen LogP contribution >= 0.6 is 22.7 Å². The Morgan fingerprint density at radius 3 is 1.66 bits per heavy atom. The van der Waals surface area contributed by atoms with E-state index in [0.29, 0.717) is 27.4 Å². The lowest BCUT2D eigenvalue weighted by molar-refractivity contribution is 0.483. The smallest absolute Gasteiger partial charge is 0.294 e. The predicted molar refractivity (Wildman–Crippen MR) is 125 cm³/mol. The average Bonchev–Trinajstić information content (AvgIpc) is 3.26. The van der Waals surface area contributed by atoms with Gasteiger partial charge in [-0.1, -0.05) is 22.7 Å². The third-order valence-corrected chi connectivity index (χ3v) is 8.91. The molecule has 9 nitrogen and oxygen atoms in total. The van der Waals surface area contributed by atoms with Crippen molar-refractivity contribution in [1.82, 2.24) is 9.13 Å². The van der Waals surface area contributed by atoms with E-state index in [1.165, 1.54) is 41.1 Å². The Bertz CT molecular complexity index is 1580. The number of hydrogen-bond donors (Lipinski definition) is 1. The number of fused-ring (bicyclic) bond motifs is 2. The second kappa shape index (κ2) is 8.23. The fourth-order valence-electron chi connectivity index (χ4n) is 3.35. The Balaban J connectivity index is 1.93. The molecule has 0 aliphatic heterocycles. The summed E-state index contributed by atoms with van der Waals surface area (Å²) in [6.07, 6.45) is 1.18. The van der Waals surface area contributed by atoms with Gasteiger partial charge in [0.15, 0.2) is 9.84 Å². The van der Waals surface area contributed by atoms with Crippen LogP contribution in [-0.4, -0.2) is 36.8 Å². The summed E-state index contributed by atoms with van der Waals surface area (Å²) in [6.45, 7) is 5.14. The lowest BCUT2D eigenvalue weighted by Gasteiger charge is -2.01. The molecule has 2 heterocycles. The van der Waals surface area contributed by atoms with Gasteiger partial charge in [-0.2, -0.15) is 8.42 Å². The molecule has 0 aliphatic carbocycles. The van der Waals surface area contributed by atoms with Gasteiger partial charge in [0, 0.05) is 19.3 Å². The number of aryl methyl sites for hydroxylation is 2. The Morgan fingerprint density at radius 2 is 1.25 bits per heavy atom. The van der Waals surface area contributed by atoms with E-state index in [-0.39, 0.29) is 9.79 Å². The summed E-state index contributed by atoms with van der Waals surface area (Å²) in [4.78, 5) is 1.27. The van der Waals surface area contributed by atoms with Crippen molar-refractivity contribution in [3.8, 4) is 0 Å². The molecule has 1 N–H and O–H groups in total. The Kier molecular flexibility index (Phi) is 5.88. The Morgan fingerprint density at radius 1 is 0.812 bits per heavy atom. The van der Waals surface area contributed by atoms with Gasteiger partial charge in [-0.3, -0.25) is 4.55 Å². The van der Waals surface area contributed by atoms with Crippen molar-refractivity contribution in [2.24, 2.45) is 10.2 Å². The fourth-order valence-corrected chi connectivity index (χ4v) is 6.82. The number of aromatic nitrogens is 2. The van der Waals surface area contributed by atoms with Crippen LogP contribution in [-0.2, 0) is 33.0 Å². The minimum absolute atomic E-state index is 0.173. The highest BCUT2D eigenvalue weighted by molar-refractivity contribution is 7.90. The zero-order valence-corrected chi connectivity index (χ0v) is 20.6. The van der Waals surface area contributed by atoms with Crippen molar-refractivity contribution in [2.45, 2.75) is 36.7 Å². The molecule has 2 aromatic heterocycles. The number of hydrogen-bond acceptors (Lipinski definition) is 8. The molecular formula is C19H20N4O5S4. The third-order valence-electron chi connectivity index (χ3n) is 4.89. The van der Waals surface area contributed by atoms with E-state index in [0.717, 1.165) is 15.7 Å². The van der Waals surface area contributed by atoms with E-state index < -0.39 is 20.0 Å². The van der Waals surface area contributed by atoms with Crippen LogP contribution in [0.15, 0.2) is 56.4 Å². The summed E-state index contributed by atoms with van der Waals surface area (Å²) in [7, 11) is -7.62. The molecular weight excluding hydrogens is 493 g/mol. The summed E-state index contributed by atoms with van der Waals surface area (Å²) in [5.74, 6) is 0. The highest BCUT2D eigenvalue weighted by atomic mass is 32.2. The molecule has 0 aliphatic rings. The average molecular weight is 513 g/mol. The minimum atomic E-state index is -4.30. The van der Waals surface area contributed by atoms with Crippen molar-refractivity contribution < 1.29 is 21.4 Å². The number of nitrogens with zero attached hydrogens (tertiary/aromatic N) is 4. The molecule has 0 saturated carbocycles. The predicted octanol–water partition coefficient (Wildman–Crippen LogP) is 2.83. The first-order chi connectivity index (χ1) is 15.0. The molecule has 0 atom stereocenters. The van der Waals surface area contributed by atoms with Crippen LogP contribution in [0.4, 0.5) is 0 Å². The van der Waals surface area contributed by atoms with Crippen LogP contribution in [0.3, 0.4) is 0 Å². The number of sulfone groups is 1. The minimum Gasteiger partial charge on any atom is -0.315 e.